The average Bonchev–Trinajstić information content (AvgIpc) is 2.47. The summed E-state index contributed by atoms with van der Waals surface area (Å²) in [6.45, 7) is 7.63. The lowest BCUT2D eigenvalue weighted by Crippen LogP contribution is -2.32. The molecule has 0 saturated heterocycles. The van der Waals surface area contributed by atoms with Gasteiger partial charge in [-0.25, -0.2) is 10.8 Å². The van der Waals surface area contributed by atoms with Crippen molar-refractivity contribution in [2.45, 2.75) is 40.0 Å². The van der Waals surface area contributed by atoms with E-state index in [1.165, 1.54) is 0 Å². The highest BCUT2D eigenvalue weighted by Gasteiger charge is 2.15. The summed E-state index contributed by atoms with van der Waals surface area (Å²) in [5.74, 6) is 5.98. The molecule has 0 bridgehead atoms. The SMILES string of the molecule is CCCCN(CC)C(=O)c1cc(CC)nc(NN)c1. The molecular weight excluding hydrogens is 240 g/mol. The van der Waals surface area contributed by atoms with E-state index in [9.17, 15) is 4.79 Å². The summed E-state index contributed by atoms with van der Waals surface area (Å²) in [7, 11) is 0. The topological polar surface area (TPSA) is 71.2 Å². The first-order chi connectivity index (χ1) is 9.15. The predicted octanol–water partition coefficient (Wildman–Crippen LogP) is 2.19. The number of rotatable bonds is 7. The van der Waals surface area contributed by atoms with Crippen molar-refractivity contribution < 1.29 is 4.79 Å². The fourth-order valence-corrected chi connectivity index (χ4v) is 1.90. The number of aromatic nitrogens is 1. The van der Waals surface area contributed by atoms with E-state index in [0.717, 1.165) is 31.5 Å². The van der Waals surface area contributed by atoms with Gasteiger partial charge < -0.3 is 10.3 Å². The molecule has 5 heteroatoms. The van der Waals surface area contributed by atoms with Crippen LogP contribution in [0.1, 0.15) is 49.7 Å². The molecule has 1 heterocycles. The highest BCUT2D eigenvalue weighted by molar-refractivity contribution is 5.95. The Morgan fingerprint density at radius 2 is 2.11 bits per heavy atom. The van der Waals surface area contributed by atoms with Crippen LogP contribution in [0.15, 0.2) is 12.1 Å². The molecule has 0 radical (unpaired) electrons. The summed E-state index contributed by atoms with van der Waals surface area (Å²) in [4.78, 5) is 18.6. The Morgan fingerprint density at radius 1 is 1.37 bits per heavy atom. The summed E-state index contributed by atoms with van der Waals surface area (Å²) < 4.78 is 0. The first-order valence-corrected chi connectivity index (χ1v) is 6.93. The Bertz CT molecular complexity index is 398. The molecule has 0 saturated carbocycles. The fraction of sp³-hybridized carbons (Fsp3) is 0.571. The van der Waals surface area contributed by atoms with Crippen molar-refractivity contribution in [3.05, 3.63) is 23.4 Å². The summed E-state index contributed by atoms with van der Waals surface area (Å²) in [5.41, 5.74) is 4.03. The zero-order valence-electron chi connectivity index (χ0n) is 12.1. The molecule has 0 spiro atoms. The molecule has 1 rings (SSSR count). The zero-order valence-corrected chi connectivity index (χ0v) is 12.1. The fourth-order valence-electron chi connectivity index (χ4n) is 1.90. The van der Waals surface area contributed by atoms with Crippen LogP contribution in [0.25, 0.3) is 0 Å². The number of aryl methyl sites for hydroxylation is 1. The number of unbranched alkanes of at least 4 members (excludes halogenated alkanes) is 1. The van der Waals surface area contributed by atoms with Gasteiger partial charge in [-0.1, -0.05) is 20.3 Å². The third kappa shape index (κ3) is 4.21. The molecule has 19 heavy (non-hydrogen) atoms. The zero-order chi connectivity index (χ0) is 14.3. The molecule has 0 fully saturated rings. The van der Waals surface area contributed by atoms with Gasteiger partial charge in [0.05, 0.1) is 0 Å². The minimum absolute atomic E-state index is 0.0459. The standard InChI is InChI=1S/C14H24N4O/c1-4-7-8-18(6-3)14(19)11-9-12(5-2)16-13(10-11)17-15/h9-10H,4-8,15H2,1-3H3,(H,16,17). The molecule has 1 aromatic heterocycles. The first-order valence-electron chi connectivity index (χ1n) is 6.93. The smallest absolute Gasteiger partial charge is 0.254 e. The van der Waals surface area contributed by atoms with Crippen LogP contribution in [0.5, 0.6) is 0 Å². The Kier molecular flexibility index (Phi) is 6.29. The minimum Gasteiger partial charge on any atom is -0.339 e. The molecule has 0 aliphatic carbocycles. The monoisotopic (exact) mass is 264 g/mol. The number of pyridine rings is 1. The number of hydrogen-bond acceptors (Lipinski definition) is 4. The lowest BCUT2D eigenvalue weighted by Gasteiger charge is -2.21. The number of hydrazine groups is 1. The van der Waals surface area contributed by atoms with Crippen LogP contribution in [0.4, 0.5) is 5.82 Å². The van der Waals surface area contributed by atoms with Crippen LogP contribution in [-0.2, 0) is 6.42 Å². The van der Waals surface area contributed by atoms with Gasteiger partial charge in [0.15, 0.2) is 0 Å². The molecule has 0 aromatic carbocycles. The minimum atomic E-state index is 0.0459. The third-order valence-corrected chi connectivity index (χ3v) is 3.09. The van der Waals surface area contributed by atoms with E-state index in [1.807, 2.05) is 24.8 Å². The van der Waals surface area contributed by atoms with E-state index in [0.29, 0.717) is 17.9 Å². The molecule has 0 unspecified atom stereocenters. The first kappa shape index (κ1) is 15.4. The summed E-state index contributed by atoms with van der Waals surface area (Å²) in [6, 6.07) is 3.55. The number of nitrogens with two attached hydrogens (primary N) is 1. The number of amides is 1. The molecule has 0 aliphatic rings. The average molecular weight is 264 g/mol. The number of carbonyl (C=O) groups excluding carboxylic acids is 1. The van der Waals surface area contributed by atoms with Crippen LogP contribution in [0.3, 0.4) is 0 Å². The third-order valence-electron chi connectivity index (χ3n) is 3.09. The van der Waals surface area contributed by atoms with Gasteiger partial charge >= 0.3 is 0 Å². The van der Waals surface area contributed by atoms with Gasteiger partial charge in [-0.2, -0.15) is 0 Å². The predicted molar refractivity (Wildman–Crippen MR) is 77.9 cm³/mol. The lowest BCUT2D eigenvalue weighted by molar-refractivity contribution is 0.0762. The molecule has 0 atom stereocenters. The van der Waals surface area contributed by atoms with Crippen molar-refractivity contribution in [3.63, 3.8) is 0 Å². The van der Waals surface area contributed by atoms with E-state index in [-0.39, 0.29) is 5.91 Å². The Hall–Kier alpha value is -1.62. The molecule has 3 N–H and O–H groups in total. The number of nitrogens with zero attached hydrogens (tertiary/aromatic N) is 2. The number of nitrogens with one attached hydrogen (secondary N) is 1. The van der Waals surface area contributed by atoms with Gasteiger partial charge in [0, 0.05) is 24.3 Å². The van der Waals surface area contributed by atoms with Crippen LogP contribution in [0.2, 0.25) is 0 Å². The van der Waals surface area contributed by atoms with E-state index in [2.05, 4.69) is 17.3 Å². The summed E-state index contributed by atoms with van der Waals surface area (Å²) in [6.07, 6.45) is 2.88. The highest BCUT2D eigenvalue weighted by atomic mass is 16.2. The van der Waals surface area contributed by atoms with Crippen molar-refractivity contribution in [3.8, 4) is 0 Å². The molecule has 106 valence electrons. The maximum Gasteiger partial charge on any atom is 0.254 e. The number of carbonyl (C=O) groups is 1. The second-order valence-electron chi connectivity index (χ2n) is 4.47. The van der Waals surface area contributed by atoms with Crippen molar-refractivity contribution >= 4 is 11.7 Å². The Labute approximate surface area is 115 Å². The number of anilines is 1. The maximum absolute atomic E-state index is 12.4. The highest BCUT2D eigenvalue weighted by Crippen LogP contribution is 2.13. The summed E-state index contributed by atoms with van der Waals surface area (Å²) >= 11 is 0. The van der Waals surface area contributed by atoms with Crippen LogP contribution in [-0.4, -0.2) is 28.9 Å². The number of hydrogen-bond donors (Lipinski definition) is 2. The van der Waals surface area contributed by atoms with Gasteiger partial charge in [-0.3, -0.25) is 4.79 Å². The van der Waals surface area contributed by atoms with Crippen LogP contribution < -0.4 is 11.3 Å². The van der Waals surface area contributed by atoms with Gasteiger partial charge in [0.2, 0.25) is 0 Å². The molecule has 5 nitrogen and oxygen atoms in total. The molecular formula is C14H24N4O. The lowest BCUT2D eigenvalue weighted by atomic mass is 10.1. The normalized spacial score (nSPS) is 10.3. The quantitative estimate of drug-likeness (QED) is 0.585. The second kappa shape index (κ2) is 7.74. The largest absolute Gasteiger partial charge is 0.339 e. The van der Waals surface area contributed by atoms with Gasteiger partial charge in [-0.15, -0.1) is 0 Å². The van der Waals surface area contributed by atoms with E-state index >= 15 is 0 Å². The van der Waals surface area contributed by atoms with Crippen molar-refractivity contribution in [1.82, 2.24) is 9.88 Å². The molecule has 0 aliphatic heterocycles. The summed E-state index contributed by atoms with van der Waals surface area (Å²) in [5, 5.41) is 0. The number of nitrogen functional groups attached to an aromatic ring is 1. The van der Waals surface area contributed by atoms with Gasteiger partial charge in [0.1, 0.15) is 5.82 Å². The van der Waals surface area contributed by atoms with Crippen molar-refractivity contribution in [2.24, 2.45) is 5.84 Å². The van der Waals surface area contributed by atoms with Gasteiger partial charge in [0.25, 0.3) is 5.91 Å². The Morgan fingerprint density at radius 3 is 2.63 bits per heavy atom. The van der Waals surface area contributed by atoms with E-state index in [4.69, 9.17) is 5.84 Å². The molecule has 1 amide bonds. The van der Waals surface area contributed by atoms with Gasteiger partial charge in [-0.05, 0) is 31.9 Å². The van der Waals surface area contributed by atoms with E-state index in [1.54, 1.807) is 6.07 Å². The Balaban J connectivity index is 2.96. The van der Waals surface area contributed by atoms with E-state index < -0.39 is 0 Å². The molecule has 1 aromatic rings. The van der Waals surface area contributed by atoms with Crippen LogP contribution >= 0.6 is 0 Å². The van der Waals surface area contributed by atoms with Crippen molar-refractivity contribution in [2.75, 3.05) is 18.5 Å². The van der Waals surface area contributed by atoms with Crippen molar-refractivity contribution in [1.29, 1.82) is 0 Å². The second-order valence-corrected chi connectivity index (χ2v) is 4.47. The maximum atomic E-state index is 12.4. The van der Waals surface area contributed by atoms with Crippen LogP contribution in [0, 0.1) is 0 Å².